The predicted molar refractivity (Wildman–Crippen MR) is 125 cm³/mol. The van der Waals surface area contributed by atoms with E-state index in [9.17, 15) is 0 Å². The molecule has 0 aliphatic carbocycles. The molecule has 2 heterocycles. The standard InChI is InChI=1S/C26H26N2O5/c1-29-18-11-8-16(9-12-18)20-15-21-19-6-5-7-23(31-3)25(19)33-26(28(21)27-20)17-10-13-22(30-2)24(14-17)32-4/h5-14,21,26H,15H2,1-4H3/t21-,26+/m0/s1. The van der Waals surface area contributed by atoms with Crippen LogP contribution < -0.4 is 23.7 Å². The third-order valence-corrected chi connectivity index (χ3v) is 6.12. The fourth-order valence-corrected chi connectivity index (χ4v) is 4.43. The molecular formula is C26H26N2O5. The maximum Gasteiger partial charge on any atom is 0.214 e. The van der Waals surface area contributed by atoms with Gasteiger partial charge in [-0.2, -0.15) is 5.10 Å². The average Bonchev–Trinajstić information content (AvgIpc) is 3.33. The molecule has 0 aromatic heterocycles. The number of para-hydroxylation sites is 1. The molecule has 0 saturated carbocycles. The van der Waals surface area contributed by atoms with E-state index in [0.29, 0.717) is 17.2 Å². The summed E-state index contributed by atoms with van der Waals surface area (Å²) in [5.41, 5.74) is 4.01. The van der Waals surface area contributed by atoms with Crippen LogP contribution in [-0.4, -0.2) is 39.2 Å². The first-order valence-electron chi connectivity index (χ1n) is 10.7. The van der Waals surface area contributed by atoms with Crippen LogP contribution in [0.25, 0.3) is 0 Å². The Balaban J connectivity index is 1.60. The second-order valence-corrected chi connectivity index (χ2v) is 7.84. The van der Waals surface area contributed by atoms with Crippen molar-refractivity contribution in [2.45, 2.75) is 18.7 Å². The molecule has 0 fully saturated rings. The second-order valence-electron chi connectivity index (χ2n) is 7.84. The number of fused-ring (bicyclic) bond motifs is 3. The van der Waals surface area contributed by atoms with Crippen LogP contribution in [0.5, 0.6) is 28.7 Å². The van der Waals surface area contributed by atoms with Gasteiger partial charge in [0.2, 0.25) is 6.23 Å². The van der Waals surface area contributed by atoms with Gasteiger partial charge in [-0.15, -0.1) is 0 Å². The molecule has 0 spiro atoms. The lowest BCUT2D eigenvalue weighted by atomic mass is 9.95. The lowest BCUT2D eigenvalue weighted by Crippen LogP contribution is -2.33. The first kappa shape index (κ1) is 21.0. The molecule has 0 bridgehead atoms. The molecule has 2 aliphatic heterocycles. The van der Waals surface area contributed by atoms with Crippen LogP contribution in [0.3, 0.4) is 0 Å². The predicted octanol–water partition coefficient (Wildman–Crippen LogP) is 4.96. The second kappa shape index (κ2) is 8.58. The first-order chi connectivity index (χ1) is 16.2. The van der Waals surface area contributed by atoms with Crippen molar-refractivity contribution < 1.29 is 23.7 Å². The SMILES string of the molecule is COc1ccc(C2=NN3[C@@H](c4ccc(OC)c(OC)c4)Oc4c(OC)cccc4[C@@H]3C2)cc1. The number of hydrogen-bond donors (Lipinski definition) is 0. The summed E-state index contributed by atoms with van der Waals surface area (Å²) >= 11 is 0. The molecule has 5 rings (SSSR count). The Kier molecular flexibility index (Phi) is 5.46. The monoisotopic (exact) mass is 446 g/mol. The lowest BCUT2D eigenvalue weighted by molar-refractivity contribution is -0.0210. The number of rotatable bonds is 6. The minimum Gasteiger partial charge on any atom is -0.497 e. The number of hydrogen-bond acceptors (Lipinski definition) is 7. The molecular weight excluding hydrogens is 420 g/mol. The quantitative estimate of drug-likeness (QED) is 0.533. The summed E-state index contributed by atoms with van der Waals surface area (Å²) in [6.45, 7) is 0. The fraction of sp³-hybridized carbons (Fsp3) is 0.269. The van der Waals surface area contributed by atoms with Crippen molar-refractivity contribution in [2.24, 2.45) is 5.10 Å². The Morgan fingerprint density at radius 1 is 0.818 bits per heavy atom. The first-order valence-corrected chi connectivity index (χ1v) is 10.7. The number of nitrogens with zero attached hydrogens (tertiary/aromatic N) is 2. The molecule has 0 radical (unpaired) electrons. The maximum absolute atomic E-state index is 6.53. The number of benzene rings is 3. The molecule has 3 aromatic rings. The summed E-state index contributed by atoms with van der Waals surface area (Å²) in [6.07, 6.45) is 0.300. The summed E-state index contributed by atoms with van der Waals surface area (Å²) < 4.78 is 28.4. The molecule has 0 saturated heterocycles. The Bertz CT molecular complexity index is 1190. The van der Waals surface area contributed by atoms with E-state index in [4.69, 9.17) is 28.8 Å². The highest BCUT2D eigenvalue weighted by Gasteiger charge is 2.42. The van der Waals surface area contributed by atoms with Gasteiger partial charge in [0.05, 0.1) is 40.2 Å². The average molecular weight is 447 g/mol. The topological polar surface area (TPSA) is 61.8 Å². The van der Waals surface area contributed by atoms with Gasteiger partial charge in [0.1, 0.15) is 5.75 Å². The number of ether oxygens (including phenoxy) is 5. The largest absolute Gasteiger partial charge is 0.497 e. The third kappa shape index (κ3) is 3.59. The van der Waals surface area contributed by atoms with Gasteiger partial charge >= 0.3 is 0 Å². The van der Waals surface area contributed by atoms with Gasteiger partial charge in [-0.3, -0.25) is 0 Å². The Hall–Kier alpha value is -3.87. The molecule has 0 unspecified atom stereocenters. The van der Waals surface area contributed by atoms with Crippen molar-refractivity contribution in [1.29, 1.82) is 0 Å². The van der Waals surface area contributed by atoms with Crippen LogP contribution in [-0.2, 0) is 0 Å². The molecule has 0 N–H and O–H groups in total. The third-order valence-electron chi connectivity index (χ3n) is 6.12. The Morgan fingerprint density at radius 2 is 1.58 bits per heavy atom. The van der Waals surface area contributed by atoms with E-state index >= 15 is 0 Å². The van der Waals surface area contributed by atoms with Gasteiger partial charge in [0, 0.05) is 17.5 Å². The van der Waals surface area contributed by atoms with Crippen molar-refractivity contribution in [1.82, 2.24) is 5.01 Å². The molecule has 2 atom stereocenters. The zero-order chi connectivity index (χ0) is 22.9. The van der Waals surface area contributed by atoms with Gasteiger partial charge in [-0.1, -0.05) is 12.1 Å². The zero-order valence-corrected chi connectivity index (χ0v) is 19.1. The summed E-state index contributed by atoms with van der Waals surface area (Å²) in [4.78, 5) is 0. The highest BCUT2D eigenvalue weighted by Crippen LogP contribution is 2.51. The molecule has 3 aromatic carbocycles. The highest BCUT2D eigenvalue weighted by atomic mass is 16.5. The summed E-state index contributed by atoms with van der Waals surface area (Å²) in [5, 5.41) is 7.05. The fourth-order valence-electron chi connectivity index (χ4n) is 4.43. The van der Waals surface area contributed by atoms with E-state index in [2.05, 4.69) is 6.07 Å². The van der Waals surface area contributed by atoms with Crippen molar-refractivity contribution in [3.8, 4) is 28.7 Å². The van der Waals surface area contributed by atoms with Crippen LogP contribution in [0, 0.1) is 0 Å². The minimum absolute atomic E-state index is 0.0130. The molecule has 0 amide bonds. The van der Waals surface area contributed by atoms with Crippen LogP contribution in [0.1, 0.15) is 35.4 Å². The zero-order valence-electron chi connectivity index (χ0n) is 19.1. The molecule has 33 heavy (non-hydrogen) atoms. The normalized spacial score (nSPS) is 18.5. The summed E-state index contributed by atoms with van der Waals surface area (Å²) in [7, 11) is 6.57. The Labute approximate surface area is 193 Å². The Morgan fingerprint density at radius 3 is 2.27 bits per heavy atom. The van der Waals surface area contributed by atoms with Gasteiger partial charge in [0.15, 0.2) is 23.0 Å². The van der Waals surface area contributed by atoms with Crippen molar-refractivity contribution in [3.05, 3.63) is 77.4 Å². The summed E-state index contributed by atoms with van der Waals surface area (Å²) in [6, 6.07) is 19.8. The van der Waals surface area contributed by atoms with Gasteiger partial charge in [-0.05, 0) is 54.1 Å². The minimum atomic E-state index is -0.450. The molecule has 2 aliphatic rings. The number of hydrazone groups is 1. The summed E-state index contributed by atoms with van der Waals surface area (Å²) in [5.74, 6) is 3.56. The van der Waals surface area contributed by atoms with Crippen molar-refractivity contribution in [3.63, 3.8) is 0 Å². The van der Waals surface area contributed by atoms with E-state index in [-0.39, 0.29) is 6.04 Å². The van der Waals surface area contributed by atoms with E-state index in [1.807, 2.05) is 59.6 Å². The van der Waals surface area contributed by atoms with Crippen molar-refractivity contribution in [2.75, 3.05) is 28.4 Å². The van der Waals surface area contributed by atoms with Gasteiger partial charge in [-0.25, -0.2) is 5.01 Å². The highest BCUT2D eigenvalue weighted by molar-refractivity contribution is 6.02. The number of methoxy groups -OCH3 is 4. The molecule has 7 nitrogen and oxygen atoms in total. The van der Waals surface area contributed by atoms with Gasteiger partial charge < -0.3 is 23.7 Å². The molecule has 7 heteroatoms. The van der Waals surface area contributed by atoms with Crippen LogP contribution in [0.2, 0.25) is 0 Å². The smallest absolute Gasteiger partial charge is 0.214 e. The van der Waals surface area contributed by atoms with Crippen LogP contribution in [0.4, 0.5) is 0 Å². The lowest BCUT2D eigenvalue weighted by Gasteiger charge is -2.38. The van der Waals surface area contributed by atoms with Crippen molar-refractivity contribution >= 4 is 5.71 Å². The van der Waals surface area contributed by atoms with E-state index in [0.717, 1.165) is 40.3 Å². The van der Waals surface area contributed by atoms with E-state index in [1.165, 1.54) is 0 Å². The van der Waals surface area contributed by atoms with E-state index in [1.54, 1.807) is 28.4 Å². The van der Waals surface area contributed by atoms with E-state index < -0.39 is 6.23 Å². The van der Waals surface area contributed by atoms with Crippen LogP contribution >= 0.6 is 0 Å². The van der Waals surface area contributed by atoms with Gasteiger partial charge in [0.25, 0.3) is 0 Å². The molecule has 170 valence electrons. The maximum atomic E-state index is 6.53. The van der Waals surface area contributed by atoms with Crippen LogP contribution in [0.15, 0.2) is 65.8 Å².